The van der Waals surface area contributed by atoms with E-state index in [2.05, 4.69) is 49.2 Å². The average Bonchev–Trinajstić information content (AvgIpc) is 2.59. The molecule has 3 nitrogen and oxygen atoms in total. The minimum atomic E-state index is 0.429. The minimum Gasteiger partial charge on any atom is -0.270 e. The summed E-state index contributed by atoms with van der Waals surface area (Å²) in [5, 5.41) is 8.50. The Bertz CT molecular complexity index is 511. The molecule has 0 fully saturated rings. The number of rotatable bonds is 3. The van der Waals surface area contributed by atoms with Gasteiger partial charge in [0.15, 0.2) is 0 Å². The van der Waals surface area contributed by atoms with Gasteiger partial charge in [-0.15, -0.1) is 10.2 Å². The average molecular weight is 250 g/mol. The lowest BCUT2D eigenvalue weighted by Crippen LogP contribution is -2.02. The Balaban J connectivity index is 2.54. The fourth-order valence-corrected chi connectivity index (χ4v) is 2.25. The monoisotopic (exact) mass is 249 g/mol. The number of hydrogen-bond donors (Lipinski definition) is 0. The van der Waals surface area contributed by atoms with E-state index in [1.54, 1.807) is 0 Å². The first kappa shape index (κ1) is 12.1. The van der Waals surface area contributed by atoms with Crippen molar-refractivity contribution in [3.05, 3.63) is 40.4 Å². The SMILES string of the molecule is CCCc1nnc(Cl)n1-c1cc(C)cc(C)c1. The highest BCUT2D eigenvalue weighted by molar-refractivity contribution is 6.28. The molecular formula is C13H16ClN3. The van der Waals surface area contributed by atoms with Crippen LogP contribution in [0.2, 0.25) is 5.28 Å². The lowest BCUT2D eigenvalue weighted by atomic mass is 10.1. The highest BCUT2D eigenvalue weighted by Gasteiger charge is 2.11. The summed E-state index contributed by atoms with van der Waals surface area (Å²) in [5.41, 5.74) is 3.47. The molecule has 0 saturated heterocycles. The Morgan fingerprint density at radius 1 is 1.12 bits per heavy atom. The Kier molecular flexibility index (Phi) is 3.48. The second kappa shape index (κ2) is 4.88. The van der Waals surface area contributed by atoms with Crippen LogP contribution in [0.25, 0.3) is 5.69 Å². The van der Waals surface area contributed by atoms with E-state index in [4.69, 9.17) is 11.6 Å². The maximum absolute atomic E-state index is 6.11. The number of hydrogen-bond acceptors (Lipinski definition) is 2. The van der Waals surface area contributed by atoms with Crippen LogP contribution in [0.4, 0.5) is 0 Å². The number of nitrogens with zero attached hydrogens (tertiary/aromatic N) is 3. The van der Waals surface area contributed by atoms with E-state index in [1.807, 2.05) is 4.57 Å². The lowest BCUT2D eigenvalue weighted by Gasteiger charge is -2.09. The van der Waals surface area contributed by atoms with E-state index in [0.717, 1.165) is 24.4 Å². The molecule has 2 aromatic rings. The van der Waals surface area contributed by atoms with Gasteiger partial charge in [0.25, 0.3) is 0 Å². The molecule has 2 rings (SSSR count). The number of aryl methyl sites for hydroxylation is 3. The number of aromatic nitrogens is 3. The summed E-state index contributed by atoms with van der Waals surface area (Å²) >= 11 is 6.11. The van der Waals surface area contributed by atoms with Gasteiger partial charge in [-0.25, -0.2) is 0 Å². The molecule has 1 heterocycles. The Labute approximate surface area is 106 Å². The third kappa shape index (κ3) is 2.50. The quantitative estimate of drug-likeness (QED) is 0.834. The first-order valence-corrected chi connectivity index (χ1v) is 6.18. The summed E-state index contributed by atoms with van der Waals surface area (Å²) in [7, 11) is 0. The fraction of sp³-hybridized carbons (Fsp3) is 0.385. The molecule has 0 saturated carbocycles. The Morgan fingerprint density at radius 3 is 2.35 bits per heavy atom. The van der Waals surface area contributed by atoms with E-state index < -0.39 is 0 Å². The van der Waals surface area contributed by atoms with Gasteiger partial charge < -0.3 is 0 Å². The minimum absolute atomic E-state index is 0.429. The van der Waals surface area contributed by atoms with Gasteiger partial charge in [0.1, 0.15) is 5.82 Å². The van der Waals surface area contributed by atoms with Crippen LogP contribution in [0.15, 0.2) is 18.2 Å². The second-order valence-corrected chi connectivity index (χ2v) is 4.65. The molecule has 90 valence electrons. The molecule has 17 heavy (non-hydrogen) atoms. The number of halogens is 1. The van der Waals surface area contributed by atoms with E-state index in [9.17, 15) is 0 Å². The first-order chi connectivity index (χ1) is 8.11. The van der Waals surface area contributed by atoms with Gasteiger partial charge in [0, 0.05) is 6.42 Å². The van der Waals surface area contributed by atoms with Gasteiger partial charge >= 0.3 is 0 Å². The van der Waals surface area contributed by atoms with Crippen molar-refractivity contribution in [2.45, 2.75) is 33.6 Å². The summed E-state index contributed by atoms with van der Waals surface area (Å²) in [6.07, 6.45) is 1.91. The van der Waals surface area contributed by atoms with Crippen LogP contribution in [0, 0.1) is 13.8 Å². The Morgan fingerprint density at radius 2 is 1.76 bits per heavy atom. The van der Waals surface area contributed by atoms with Crippen molar-refractivity contribution in [1.82, 2.24) is 14.8 Å². The molecule has 0 aliphatic heterocycles. The summed E-state index contributed by atoms with van der Waals surface area (Å²) in [5.74, 6) is 0.919. The summed E-state index contributed by atoms with van der Waals surface area (Å²) in [6.45, 7) is 6.27. The number of benzene rings is 1. The van der Waals surface area contributed by atoms with Gasteiger partial charge in [-0.3, -0.25) is 4.57 Å². The van der Waals surface area contributed by atoms with Crippen LogP contribution in [-0.2, 0) is 6.42 Å². The maximum Gasteiger partial charge on any atom is 0.229 e. The van der Waals surface area contributed by atoms with Gasteiger partial charge in [-0.2, -0.15) is 0 Å². The highest BCUT2D eigenvalue weighted by atomic mass is 35.5. The topological polar surface area (TPSA) is 30.7 Å². The van der Waals surface area contributed by atoms with Crippen LogP contribution in [0.3, 0.4) is 0 Å². The highest BCUT2D eigenvalue weighted by Crippen LogP contribution is 2.20. The molecule has 1 aromatic carbocycles. The van der Waals surface area contributed by atoms with Crippen molar-refractivity contribution in [3.63, 3.8) is 0 Å². The van der Waals surface area contributed by atoms with Gasteiger partial charge in [0.05, 0.1) is 5.69 Å². The molecule has 0 spiro atoms. The zero-order valence-electron chi connectivity index (χ0n) is 10.4. The van der Waals surface area contributed by atoms with Gasteiger partial charge in [-0.05, 0) is 55.1 Å². The maximum atomic E-state index is 6.11. The predicted molar refractivity (Wildman–Crippen MR) is 69.8 cm³/mol. The van der Waals surface area contributed by atoms with Crippen molar-refractivity contribution in [2.24, 2.45) is 0 Å². The van der Waals surface area contributed by atoms with Crippen molar-refractivity contribution in [1.29, 1.82) is 0 Å². The van der Waals surface area contributed by atoms with Crippen LogP contribution < -0.4 is 0 Å². The molecule has 0 bridgehead atoms. The largest absolute Gasteiger partial charge is 0.270 e. The zero-order valence-corrected chi connectivity index (χ0v) is 11.1. The summed E-state index contributed by atoms with van der Waals surface area (Å²) in [6, 6.07) is 6.34. The van der Waals surface area contributed by atoms with E-state index in [-0.39, 0.29) is 0 Å². The smallest absolute Gasteiger partial charge is 0.229 e. The van der Waals surface area contributed by atoms with E-state index in [1.165, 1.54) is 11.1 Å². The third-order valence-corrected chi connectivity index (χ3v) is 2.87. The Hall–Kier alpha value is -1.35. The van der Waals surface area contributed by atoms with Crippen molar-refractivity contribution in [3.8, 4) is 5.69 Å². The predicted octanol–water partition coefficient (Wildman–Crippen LogP) is 3.49. The first-order valence-electron chi connectivity index (χ1n) is 5.80. The normalized spacial score (nSPS) is 10.8. The van der Waals surface area contributed by atoms with Crippen LogP contribution >= 0.6 is 11.6 Å². The van der Waals surface area contributed by atoms with Crippen molar-refractivity contribution >= 4 is 11.6 Å². The van der Waals surface area contributed by atoms with Crippen molar-refractivity contribution < 1.29 is 0 Å². The van der Waals surface area contributed by atoms with E-state index in [0.29, 0.717) is 5.28 Å². The molecule has 0 N–H and O–H groups in total. The molecule has 1 aromatic heterocycles. The van der Waals surface area contributed by atoms with Gasteiger partial charge in [-0.1, -0.05) is 13.0 Å². The van der Waals surface area contributed by atoms with Gasteiger partial charge in [0.2, 0.25) is 5.28 Å². The lowest BCUT2D eigenvalue weighted by molar-refractivity contribution is 0.802. The molecule has 0 radical (unpaired) electrons. The fourth-order valence-electron chi connectivity index (χ4n) is 2.02. The van der Waals surface area contributed by atoms with Crippen molar-refractivity contribution in [2.75, 3.05) is 0 Å². The van der Waals surface area contributed by atoms with E-state index >= 15 is 0 Å². The molecule has 0 aliphatic rings. The molecule has 4 heteroatoms. The van der Waals surface area contributed by atoms with Crippen LogP contribution in [0.1, 0.15) is 30.3 Å². The molecule has 0 unspecified atom stereocenters. The van der Waals surface area contributed by atoms with Crippen LogP contribution in [-0.4, -0.2) is 14.8 Å². The standard InChI is InChI=1S/C13H16ClN3/c1-4-5-12-15-16-13(14)17(12)11-7-9(2)6-10(3)8-11/h6-8H,4-5H2,1-3H3. The zero-order chi connectivity index (χ0) is 12.4. The second-order valence-electron chi connectivity index (χ2n) is 4.32. The summed E-state index contributed by atoms with van der Waals surface area (Å²) < 4.78 is 1.92. The molecular weight excluding hydrogens is 234 g/mol. The molecule has 0 atom stereocenters. The van der Waals surface area contributed by atoms with Crippen LogP contribution in [0.5, 0.6) is 0 Å². The third-order valence-electron chi connectivity index (χ3n) is 2.63. The molecule has 0 aliphatic carbocycles. The summed E-state index contributed by atoms with van der Waals surface area (Å²) in [4.78, 5) is 0. The molecule has 0 amide bonds.